The Morgan fingerprint density at radius 2 is 2.33 bits per heavy atom. The molecule has 0 aliphatic carbocycles. The molecule has 1 aliphatic rings. The van der Waals surface area contributed by atoms with E-state index >= 15 is 0 Å². The first-order valence-electron chi connectivity index (χ1n) is 6.45. The Morgan fingerprint density at radius 3 is 3.00 bits per heavy atom. The van der Waals surface area contributed by atoms with Crippen LogP contribution in [0, 0.1) is 6.92 Å². The van der Waals surface area contributed by atoms with Gasteiger partial charge in [0, 0.05) is 31.7 Å². The molecule has 0 saturated carbocycles. The summed E-state index contributed by atoms with van der Waals surface area (Å²) >= 11 is 0. The van der Waals surface area contributed by atoms with Crippen molar-refractivity contribution in [3.63, 3.8) is 0 Å². The van der Waals surface area contributed by atoms with E-state index in [4.69, 9.17) is 0 Å². The first-order chi connectivity index (χ1) is 8.74. The molecule has 5 heteroatoms. The molecule has 2 aromatic heterocycles. The van der Waals surface area contributed by atoms with E-state index in [2.05, 4.69) is 31.3 Å². The number of nitrogens with one attached hydrogen (secondary N) is 1. The first-order valence-corrected chi connectivity index (χ1v) is 6.45. The van der Waals surface area contributed by atoms with Gasteiger partial charge in [-0.15, -0.1) is 0 Å². The normalized spacial score (nSPS) is 20.7. The molecule has 3 heterocycles. The number of likely N-dealkylation sites (tertiary alicyclic amines) is 1. The van der Waals surface area contributed by atoms with Gasteiger partial charge in [-0.2, -0.15) is 0 Å². The molecular formula is C13H19N5. The SMILES string of the molecule is Cc1cnc([C@H]2CCCN2Cc2cncn2C)[nH]1. The smallest absolute Gasteiger partial charge is 0.123 e. The first kappa shape index (κ1) is 11.5. The number of aryl methyl sites for hydroxylation is 2. The lowest BCUT2D eigenvalue weighted by atomic mass is 10.2. The van der Waals surface area contributed by atoms with Crippen LogP contribution in [0.25, 0.3) is 0 Å². The molecule has 18 heavy (non-hydrogen) atoms. The second kappa shape index (κ2) is 4.57. The Labute approximate surface area is 107 Å². The van der Waals surface area contributed by atoms with Gasteiger partial charge in [0.25, 0.3) is 0 Å². The fraction of sp³-hybridized carbons (Fsp3) is 0.538. The topological polar surface area (TPSA) is 49.7 Å². The maximum Gasteiger partial charge on any atom is 0.123 e. The third-order valence-electron chi connectivity index (χ3n) is 3.68. The molecule has 0 bridgehead atoms. The van der Waals surface area contributed by atoms with E-state index in [1.165, 1.54) is 18.5 Å². The van der Waals surface area contributed by atoms with E-state index in [-0.39, 0.29) is 0 Å². The Hall–Kier alpha value is -1.62. The fourth-order valence-electron chi connectivity index (χ4n) is 2.67. The van der Waals surface area contributed by atoms with Crippen LogP contribution in [-0.4, -0.2) is 31.0 Å². The molecule has 1 atom stereocenters. The van der Waals surface area contributed by atoms with Crippen molar-refractivity contribution in [1.29, 1.82) is 0 Å². The van der Waals surface area contributed by atoms with E-state index in [9.17, 15) is 0 Å². The van der Waals surface area contributed by atoms with Crippen LogP contribution in [-0.2, 0) is 13.6 Å². The lowest BCUT2D eigenvalue weighted by Gasteiger charge is -2.22. The zero-order chi connectivity index (χ0) is 12.5. The molecule has 1 N–H and O–H groups in total. The number of rotatable bonds is 3. The van der Waals surface area contributed by atoms with Crippen LogP contribution in [0.5, 0.6) is 0 Å². The number of aromatic nitrogens is 4. The summed E-state index contributed by atoms with van der Waals surface area (Å²) in [5, 5.41) is 0. The summed E-state index contributed by atoms with van der Waals surface area (Å²) in [6.45, 7) is 4.13. The Morgan fingerprint density at radius 1 is 1.44 bits per heavy atom. The number of hydrogen-bond acceptors (Lipinski definition) is 3. The van der Waals surface area contributed by atoms with Gasteiger partial charge in [-0.25, -0.2) is 9.97 Å². The summed E-state index contributed by atoms with van der Waals surface area (Å²) in [5.41, 5.74) is 2.39. The van der Waals surface area contributed by atoms with Gasteiger partial charge in [-0.1, -0.05) is 0 Å². The monoisotopic (exact) mass is 245 g/mol. The van der Waals surface area contributed by atoms with Crippen molar-refractivity contribution >= 4 is 0 Å². The van der Waals surface area contributed by atoms with Crippen molar-refractivity contribution in [2.75, 3.05) is 6.54 Å². The summed E-state index contributed by atoms with van der Waals surface area (Å²) in [4.78, 5) is 14.5. The molecular weight excluding hydrogens is 226 g/mol. The molecule has 2 aromatic rings. The van der Waals surface area contributed by atoms with Crippen molar-refractivity contribution in [3.8, 4) is 0 Å². The predicted octanol–water partition coefficient (Wildman–Crippen LogP) is 1.79. The van der Waals surface area contributed by atoms with Gasteiger partial charge in [0.2, 0.25) is 0 Å². The van der Waals surface area contributed by atoms with Crippen LogP contribution < -0.4 is 0 Å². The molecule has 5 nitrogen and oxygen atoms in total. The third kappa shape index (κ3) is 2.06. The van der Waals surface area contributed by atoms with Gasteiger partial charge in [-0.05, 0) is 26.3 Å². The van der Waals surface area contributed by atoms with Gasteiger partial charge in [0.1, 0.15) is 5.82 Å². The van der Waals surface area contributed by atoms with Gasteiger partial charge in [0.05, 0.1) is 18.1 Å². The Bertz CT molecular complexity index is 527. The maximum atomic E-state index is 4.48. The molecule has 3 rings (SSSR count). The molecule has 0 amide bonds. The van der Waals surface area contributed by atoms with E-state index < -0.39 is 0 Å². The largest absolute Gasteiger partial charge is 0.345 e. The highest BCUT2D eigenvalue weighted by molar-refractivity contribution is 5.07. The number of hydrogen-bond donors (Lipinski definition) is 1. The standard InChI is InChI=1S/C13H19N5/c1-10-6-15-13(16-10)12-4-3-5-18(12)8-11-7-14-9-17(11)2/h6-7,9,12H,3-5,8H2,1-2H3,(H,15,16)/t12-/m1/s1. The minimum atomic E-state index is 0.425. The maximum absolute atomic E-state index is 4.48. The van der Waals surface area contributed by atoms with Gasteiger partial charge >= 0.3 is 0 Å². The molecule has 96 valence electrons. The van der Waals surface area contributed by atoms with Crippen molar-refractivity contribution < 1.29 is 0 Å². The van der Waals surface area contributed by atoms with Gasteiger partial charge in [-0.3, -0.25) is 4.90 Å². The average Bonchev–Trinajstić information content (AvgIpc) is 3.03. The zero-order valence-corrected chi connectivity index (χ0v) is 10.9. The van der Waals surface area contributed by atoms with Crippen LogP contribution in [0.2, 0.25) is 0 Å². The molecule has 1 fully saturated rings. The Kier molecular flexibility index (Phi) is 2.91. The summed E-state index contributed by atoms with van der Waals surface area (Å²) in [5.74, 6) is 1.10. The number of imidazole rings is 2. The number of H-pyrrole nitrogens is 1. The van der Waals surface area contributed by atoms with Gasteiger partial charge in [0.15, 0.2) is 0 Å². The van der Waals surface area contributed by atoms with Crippen LogP contribution in [0.1, 0.15) is 36.1 Å². The summed E-state index contributed by atoms with van der Waals surface area (Å²) in [6, 6.07) is 0.425. The quantitative estimate of drug-likeness (QED) is 0.897. The number of nitrogens with zero attached hydrogens (tertiary/aromatic N) is 4. The third-order valence-corrected chi connectivity index (χ3v) is 3.68. The lowest BCUT2D eigenvalue weighted by Crippen LogP contribution is -2.24. The van der Waals surface area contributed by atoms with Crippen LogP contribution >= 0.6 is 0 Å². The van der Waals surface area contributed by atoms with E-state index in [1.54, 1.807) is 0 Å². The lowest BCUT2D eigenvalue weighted by molar-refractivity contribution is 0.235. The molecule has 0 aromatic carbocycles. The highest BCUT2D eigenvalue weighted by Crippen LogP contribution is 2.31. The predicted molar refractivity (Wildman–Crippen MR) is 68.9 cm³/mol. The second-order valence-electron chi connectivity index (χ2n) is 5.08. The Balaban J connectivity index is 1.77. The summed E-state index contributed by atoms with van der Waals surface area (Å²) in [6.07, 6.45) is 8.14. The van der Waals surface area contributed by atoms with Crippen molar-refractivity contribution in [1.82, 2.24) is 24.4 Å². The van der Waals surface area contributed by atoms with E-state index in [1.807, 2.05) is 25.8 Å². The summed E-state index contributed by atoms with van der Waals surface area (Å²) < 4.78 is 2.09. The highest BCUT2D eigenvalue weighted by atomic mass is 15.2. The molecule has 1 saturated heterocycles. The number of aromatic amines is 1. The van der Waals surface area contributed by atoms with E-state index in [0.29, 0.717) is 6.04 Å². The van der Waals surface area contributed by atoms with Crippen LogP contribution in [0.4, 0.5) is 0 Å². The highest BCUT2D eigenvalue weighted by Gasteiger charge is 2.28. The van der Waals surface area contributed by atoms with E-state index in [0.717, 1.165) is 24.6 Å². The van der Waals surface area contributed by atoms with Crippen LogP contribution in [0.15, 0.2) is 18.7 Å². The van der Waals surface area contributed by atoms with Gasteiger partial charge < -0.3 is 9.55 Å². The minimum absolute atomic E-state index is 0.425. The molecule has 0 radical (unpaired) electrons. The van der Waals surface area contributed by atoms with Crippen molar-refractivity contribution in [2.45, 2.75) is 32.4 Å². The molecule has 1 aliphatic heterocycles. The van der Waals surface area contributed by atoms with Crippen molar-refractivity contribution in [3.05, 3.63) is 35.9 Å². The second-order valence-corrected chi connectivity index (χ2v) is 5.08. The molecule has 0 unspecified atom stereocenters. The molecule has 0 spiro atoms. The average molecular weight is 245 g/mol. The minimum Gasteiger partial charge on any atom is -0.345 e. The fourth-order valence-corrected chi connectivity index (χ4v) is 2.67. The summed E-state index contributed by atoms with van der Waals surface area (Å²) in [7, 11) is 2.05. The van der Waals surface area contributed by atoms with Crippen molar-refractivity contribution in [2.24, 2.45) is 7.05 Å². The zero-order valence-electron chi connectivity index (χ0n) is 10.9. The van der Waals surface area contributed by atoms with Crippen LogP contribution in [0.3, 0.4) is 0 Å².